The molecule has 0 saturated heterocycles. The van der Waals surface area contributed by atoms with Gasteiger partial charge in [0.15, 0.2) is 6.61 Å². The first-order chi connectivity index (χ1) is 17.7. The average molecular weight is 512 g/mol. The number of aryl methyl sites for hydroxylation is 1. The maximum atomic E-state index is 12.6. The molecule has 1 aromatic rings. The van der Waals surface area contributed by atoms with E-state index in [9.17, 15) is 14.7 Å². The number of oxime groups is 1. The van der Waals surface area contributed by atoms with Gasteiger partial charge < -0.3 is 19.7 Å². The van der Waals surface area contributed by atoms with E-state index in [0.717, 1.165) is 70.0 Å². The highest BCUT2D eigenvalue weighted by Crippen LogP contribution is 2.60. The highest BCUT2D eigenvalue weighted by Gasteiger charge is 2.53. The third-order valence-corrected chi connectivity index (χ3v) is 9.51. The van der Waals surface area contributed by atoms with Gasteiger partial charge in [-0.15, -0.1) is 0 Å². The van der Waals surface area contributed by atoms with Gasteiger partial charge in [0.1, 0.15) is 5.75 Å². The van der Waals surface area contributed by atoms with Crippen molar-refractivity contribution in [3.05, 3.63) is 29.3 Å². The Kier molecular flexibility index (Phi) is 8.81. The van der Waals surface area contributed by atoms with Gasteiger partial charge in [-0.3, -0.25) is 9.59 Å². The van der Waals surface area contributed by atoms with E-state index in [4.69, 9.17) is 4.84 Å². The second kappa shape index (κ2) is 11.9. The van der Waals surface area contributed by atoms with Crippen LogP contribution in [0.4, 0.5) is 0 Å². The SMILES string of the molecule is CC(=O)N(C)CCCCCCN(C)C(=O)CO/N=C1/CC[C@H]2[C@@H]3CCc4cc(O)ccc4[C@H]3CC[C@]12C. The van der Waals surface area contributed by atoms with Crippen molar-refractivity contribution in [3.63, 3.8) is 0 Å². The molecule has 3 aliphatic rings. The molecule has 2 saturated carbocycles. The monoisotopic (exact) mass is 511 g/mol. The van der Waals surface area contributed by atoms with Gasteiger partial charge in [-0.1, -0.05) is 31.0 Å². The molecule has 2 fully saturated rings. The van der Waals surface area contributed by atoms with Gasteiger partial charge >= 0.3 is 0 Å². The van der Waals surface area contributed by atoms with E-state index in [1.54, 1.807) is 16.7 Å². The number of aromatic hydroxyl groups is 1. The van der Waals surface area contributed by atoms with Gasteiger partial charge in [0, 0.05) is 39.5 Å². The van der Waals surface area contributed by atoms with Crippen molar-refractivity contribution in [2.75, 3.05) is 33.8 Å². The van der Waals surface area contributed by atoms with Gasteiger partial charge in [0.05, 0.1) is 5.71 Å². The summed E-state index contributed by atoms with van der Waals surface area (Å²) in [6.45, 7) is 5.44. The summed E-state index contributed by atoms with van der Waals surface area (Å²) in [5.41, 5.74) is 3.96. The van der Waals surface area contributed by atoms with Crippen LogP contribution in [0.2, 0.25) is 0 Å². The Morgan fingerprint density at radius 1 is 1.05 bits per heavy atom. The number of rotatable bonds is 10. The molecular weight excluding hydrogens is 466 g/mol. The number of unbranched alkanes of at least 4 members (excludes halogenated alkanes) is 3. The number of nitrogens with zero attached hydrogens (tertiary/aromatic N) is 3. The highest BCUT2D eigenvalue weighted by molar-refractivity contribution is 5.92. The molecule has 37 heavy (non-hydrogen) atoms. The molecule has 2 amide bonds. The van der Waals surface area contributed by atoms with Crippen molar-refractivity contribution < 1.29 is 19.5 Å². The van der Waals surface area contributed by atoms with Gasteiger partial charge in [-0.2, -0.15) is 0 Å². The lowest BCUT2D eigenvalue weighted by molar-refractivity contribution is -0.135. The molecule has 0 spiro atoms. The second-order valence-corrected chi connectivity index (χ2v) is 11.8. The summed E-state index contributed by atoms with van der Waals surface area (Å²) in [6, 6.07) is 5.94. The minimum absolute atomic E-state index is 0.00687. The topological polar surface area (TPSA) is 82.4 Å². The molecule has 0 bridgehead atoms. The van der Waals surface area contributed by atoms with Gasteiger partial charge in [0.2, 0.25) is 5.91 Å². The number of phenolic OH excluding ortho intramolecular Hbond substituents is 1. The first-order valence-corrected chi connectivity index (χ1v) is 14.2. The normalized spacial score (nSPS) is 27.2. The van der Waals surface area contributed by atoms with Crippen molar-refractivity contribution >= 4 is 17.5 Å². The van der Waals surface area contributed by atoms with Crippen LogP contribution in [0.25, 0.3) is 0 Å². The quantitative estimate of drug-likeness (QED) is 0.349. The fourth-order valence-electron chi connectivity index (χ4n) is 7.12. The third-order valence-electron chi connectivity index (χ3n) is 9.51. The Bertz CT molecular complexity index is 1010. The Morgan fingerprint density at radius 2 is 1.78 bits per heavy atom. The fraction of sp³-hybridized carbons (Fsp3) is 0.700. The lowest BCUT2D eigenvalue weighted by Crippen LogP contribution is -2.42. The summed E-state index contributed by atoms with van der Waals surface area (Å²) in [6.07, 6.45) is 10.6. The van der Waals surface area contributed by atoms with Gasteiger partial charge in [0.25, 0.3) is 5.91 Å². The van der Waals surface area contributed by atoms with Crippen LogP contribution in [0.3, 0.4) is 0 Å². The minimum atomic E-state index is -0.0313. The number of hydrogen-bond acceptors (Lipinski definition) is 5. The lowest BCUT2D eigenvalue weighted by Gasteiger charge is -2.49. The molecule has 1 N–H and O–H groups in total. The van der Waals surface area contributed by atoms with E-state index < -0.39 is 0 Å². The predicted octanol–water partition coefficient (Wildman–Crippen LogP) is 5.12. The smallest absolute Gasteiger partial charge is 0.263 e. The van der Waals surface area contributed by atoms with Crippen LogP contribution in [0.1, 0.15) is 88.7 Å². The van der Waals surface area contributed by atoms with Crippen LogP contribution < -0.4 is 0 Å². The molecule has 0 aromatic heterocycles. The lowest BCUT2D eigenvalue weighted by atomic mass is 9.55. The third kappa shape index (κ3) is 6.12. The Hall–Kier alpha value is -2.57. The number of carbonyl (C=O) groups is 2. The molecule has 7 heteroatoms. The summed E-state index contributed by atoms with van der Waals surface area (Å²) >= 11 is 0. The first-order valence-electron chi connectivity index (χ1n) is 14.2. The van der Waals surface area contributed by atoms with Gasteiger partial charge in [-0.25, -0.2) is 0 Å². The summed E-state index contributed by atoms with van der Waals surface area (Å²) in [5, 5.41) is 14.5. The van der Waals surface area contributed by atoms with Crippen molar-refractivity contribution in [2.24, 2.45) is 22.4 Å². The number of hydrogen-bond donors (Lipinski definition) is 1. The second-order valence-electron chi connectivity index (χ2n) is 11.8. The number of carbonyl (C=O) groups excluding carboxylic acids is 2. The Morgan fingerprint density at radius 3 is 2.51 bits per heavy atom. The van der Waals surface area contributed by atoms with Crippen LogP contribution in [0.5, 0.6) is 5.75 Å². The summed E-state index contributed by atoms with van der Waals surface area (Å²) < 4.78 is 0. The first kappa shape index (κ1) is 27.5. The molecule has 204 valence electrons. The Balaban J connectivity index is 1.22. The average Bonchev–Trinajstić information content (AvgIpc) is 3.21. The van der Waals surface area contributed by atoms with E-state index in [1.165, 1.54) is 17.5 Å². The van der Waals surface area contributed by atoms with Crippen LogP contribution in [-0.4, -0.2) is 66.2 Å². The molecule has 0 radical (unpaired) electrons. The zero-order valence-electron chi connectivity index (χ0n) is 23.2. The zero-order valence-corrected chi connectivity index (χ0v) is 23.2. The fourth-order valence-corrected chi connectivity index (χ4v) is 7.12. The van der Waals surface area contributed by atoms with Crippen LogP contribution in [-0.2, 0) is 20.8 Å². The minimum Gasteiger partial charge on any atom is -0.508 e. The molecular formula is C30H45N3O4. The summed E-state index contributed by atoms with van der Waals surface area (Å²) in [5.74, 6) is 2.28. The van der Waals surface area contributed by atoms with E-state index in [0.29, 0.717) is 30.0 Å². The van der Waals surface area contributed by atoms with Crippen molar-refractivity contribution in [1.29, 1.82) is 0 Å². The van der Waals surface area contributed by atoms with E-state index in [2.05, 4.69) is 18.1 Å². The molecule has 0 unspecified atom stereocenters. The van der Waals surface area contributed by atoms with Crippen LogP contribution >= 0.6 is 0 Å². The predicted molar refractivity (Wildman–Crippen MR) is 146 cm³/mol. The number of fused-ring (bicyclic) bond motifs is 5. The molecule has 7 nitrogen and oxygen atoms in total. The zero-order chi connectivity index (χ0) is 26.6. The van der Waals surface area contributed by atoms with E-state index in [1.807, 2.05) is 26.2 Å². The van der Waals surface area contributed by atoms with Crippen LogP contribution in [0.15, 0.2) is 23.4 Å². The maximum Gasteiger partial charge on any atom is 0.263 e. The van der Waals surface area contributed by atoms with E-state index in [-0.39, 0.29) is 23.8 Å². The molecule has 1 aromatic carbocycles. The number of benzene rings is 1. The van der Waals surface area contributed by atoms with Crippen LogP contribution in [0, 0.1) is 17.3 Å². The number of phenols is 1. The summed E-state index contributed by atoms with van der Waals surface area (Å²) in [7, 11) is 3.66. The molecule has 0 heterocycles. The molecule has 3 aliphatic carbocycles. The maximum absolute atomic E-state index is 12.6. The largest absolute Gasteiger partial charge is 0.508 e. The molecule has 0 aliphatic heterocycles. The van der Waals surface area contributed by atoms with Crippen molar-refractivity contribution in [3.8, 4) is 5.75 Å². The molecule has 4 rings (SSSR count). The standard InChI is InChI=1S/C30H45N3O4/c1-21(34)32(3)17-7-5-6-8-18-33(4)29(36)20-37-31-28-14-13-27-26-11-9-22-19-23(35)10-12-24(22)25(26)15-16-30(27,28)2/h10,12,19,25-27,35H,5-9,11,13-18,20H2,1-4H3/b31-28-/t25-,26-,27+,30+/m1/s1. The number of amides is 2. The summed E-state index contributed by atoms with van der Waals surface area (Å²) in [4.78, 5) is 32.9. The highest BCUT2D eigenvalue weighted by atomic mass is 16.6. The molecule has 4 atom stereocenters. The number of likely N-dealkylation sites (N-methyl/N-ethyl adjacent to an activating group) is 1. The van der Waals surface area contributed by atoms with Gasteiger partial charge in [-0.05, 0) is 92.4 Å². The van der Waals surface area contributed by atoms with Crippen molar-refractivity contribution in [2.45, 2.75) is 84.0 Å². The Labute approximate surface area is 222 Å². The van der Waals surface area contributed by atoms with Crippen molar-refractivity contribution in [1.82, 2.24) is 9.80 Å². The van der Waals surface area contributed by atoms with E-state index >= 15 is 0 Å².